The number of nitrogens with zero attached hydrogens (tertiary/aromatic N) is 1. The number of carboxylic acid groups (broad SMARTS) is 1. The molecule has 6 heteroatoms. The summed E-state index contributed by atoms with van der Waals surface area (Å²) < 4.78 is 5.25. The molecule has 1 unspecified atom stereocenters. The topological polar surface area (TPSA) is 88.5 Å². The van der Waals surface area contributed by atoms with Crippen LogP contribution < -0.4 is 5.32 Å². The minimum atomic E-state index is -0.870. The molecule has 114 valence electrons. The third-order valence-electron chi connectivity index (χ3n) is 3.89. The van der Waals surface area contributed by atoms with E-state index >= 15 is 0 Å². The zero-order valence-electron chi connectivity index (χ0n) is 12.0. The van der Waals surface area contributed by atoms with Crippen molar-refractivity contribution < 1.29 is 19.4 Å². The van der Waals surface area contributed by atoms with E-state index in [4.69, 9.17) is 4.74 Å². The van der Waals surface area contributed by atoms with E-state index in [-0.39, 0.29) is 18.4 Å². The molecule has 1 amide bonds. The van der Waals surface area contributed by atoms with Crippen LogP contribution in [0.1, 0.15) is 28.9 Å². The van der Waals surface area contributed by atoms with Crippen molar-refractivity contribution >= 4 is 11.9 Å². The first-order chi connectivity index (χ1) is 10.1. The average molecular weight is 292 g/mol. The van der Waals surface area contributed by atoms with Crippen LogP contribution in [0.25, 0.3) is 0 Å². The molecular formula is C15H20N2O4. The number of carbonyl (C=O) groups excluding carboxylic acids is 1. The Morgan fingerprint density at radius 2 is 2.19 bits per heavy atom. The number of rotatable bonds is 5. The van der Waals surface area contributed by atoms with Gasteiger partial charge in [-0.3, -0.25) is 14.6 Å². The molecule has 0 aliphatic carbocycles. The van der Waals surface area contributed by atoms with Crippen LogP contribution in [-0.4, -0.2) is 41.7 Å². The highest BCUT2D eigenvalue weighted by molar-refractivity contribution is 5.95. The number of ether oxygens (including phenoxy) is 1. The summed E-state index contributed by atoms with van der Waals surface area (Å²) in [5.74, 6) is -1.68. The second kappa shape index (κ2) is 7.17. The summed E-state index contributed by atoms with van der Waals surface area (Å²) in [4.78, 5) is 27.6. The Labute approximate surface area is 123 Å². The largest absolute Gasteiger partial charge is 0.481 e. The molecular weight excluding hydrogens is 272 g/mol. The summed E-state index contributed by atoms with van der Waals surface area (Å²) in [5, 5.41) is 12.1. The number of carbonyl (C=O) groups is 2. The maximum Gasteiger partial charge on any atom is 0.308 e. The van der Waals surface area contributed by atoms with Gasteiger partial charge in [-0.05, 0) is 37.8 Å². The predicted molar refractivity (Wildman–Crippen MR) is 76.0 cm³/mol. The second-order valence-corrected chi connectivity index (χ2v) is 5.24. The molecule has 1 aromatic rings. The van der Waals surface area contributed by atoms with Crippen LogP contribution in [0.4, 0.5) is 0 Å². The molecule has 6 nitrogen and oxygen atoms in total. The Kier molecular flexibility index (Phi) is 5.27. The Hall–Kier alpha value is -1.95. The van der Waals surface area contributed by atoms with Gasteiger partial charge < -0.3 is 15.2 Å². The normalized spacial score (nSPS) is 17.2. The van der Waals surface area contributed by atoms with Gasteiger partial charge in [0.1, 0.15) is 0 Å². The fraction of sp³-hybridized carbons (Fsp3) is 0.533. The number of amides is 1. The Balaban J connectivity index is 1.97. The van der Waals surface area contributed by atoms with Crippen LogP contribution in [0.2, 0.25) is 0 Å². The van der Waals surface area contributed by atoms with E-state index in [1.54, 1.807) is 25.3 Å². The number of hydrogen-bond donors (Lipinski definition) is 2. The number of aromatic nitrogens is 1. The minimum Gasteiger partial charge on any atom is -0.481 e. The van der Waals surface area contributed by atoms with Crippen LogP contribution in [0.3, 0.4) is 0 Å². The van der Waals surface area contributed by atoms with Crippen LogP contribution >= 0.6 is 0 Å². The van der Waals surface area contributed by atoms with Gasteiger partial charge in [-0.15, -0.1) is 0 Å². The number of pyridine rings is 1. The van der Waals surface area contributed by atoms with Gasteiger partial charge in [-0.25, -0.2) is 0 Å². The highest BCUT2D eigenvalue weighted by Gasteiger charge is 2.30. The molecule has 2 rings (SSSR count). The summed E-state index contributed by atoms with van der Waals surface area (Å²) in [5.41, 5.74) is 1.11. The Bertz CT molecular complexity index is 512. The zero-order valence-corrected chi connectivity index (χ0v) is 12.0. The van der Waals surface area contributed by atoms with Gasteiger partial charge in [0.15, 0.2) is 0 Å². The van der Waals surface area contributed by atoms with Crippen LogP contribution in [0.5, 0.6) is 0 Å². The van der Waals surface area contributed by atoms with Crippen LogP contribution in [0, 0.1) is 18.8 Å². The van der Waals surface area contributed by atoms with E-state index in [1.165, 1.54) is 0 Å². The quantitative estimate of drug-likeness (QED) is 0.852. The summed E-state index contributed by atoms with van der Waals surface area (Å²) in [6, 6.07) is 3.37. The SMILES string of the molecule is Cc1ncccc1C(=O)NCC(C(=O)O)C1CCOCC1. The first-order valence-electron chi connectivity index (χ1n) is 7.10. The van der Waals surface area contributed by atoms with Crippen molar-refractivity contribution in [2.75, 3.05) is 19.8 Å². The van der Waals surface area contributed by atoms with Crippen LogP contribution in [0.15, 0.2) is 18.3 Å². The molecule has 1 atom stereocenters. The second-order valence-electron chi connectivity index (χ2n) is 5.24. The molecule has 1 fully saturated rings. The Morgan fingerprint density at radius 3 is 2.81 bits per heavy atom. The highest BCUT2D eigenvalue weighted by Crippen LogP contribution is 2.23. The van der Waals surface area contributed by atoms with Gasteiger partial charge in [0, 0.05) is 31.6 Å². The molecule has 1 aliphatic rings. The van der Waals surface area contributed by atoms with Gasteiger partial charge >= 0.3 is 5.97 Å². The molecule has 0 spiro atoms. The van der Waals surface area contributed by atoms with Crippen molar-refractivity contribution in [1.82, 2.24) is 10.3 Å². The smallest absolute Gasteiger partial charge is 0.308 e. The third kappa shape index (κ3) is 4.01. The molecule has 0 aromatic carbocycles. The summed E-state index contributed by atoms with van der Waals surface area (Å²) in [6.45, 7) is 3.06. The lowest BCUT2D eigenvalue weighted by molar-refractivity contribution is -0.144. The lowest BCUT2D eigenvalue weighted by atomic mass is 9.86. The molecule has 2 heterocycles. The van der Waals surface area contributed by atoms with E-state index in [0.717, 1.165) is 12.8 Å². The average Bonchev–Trinajstić information content (AvgIpc) is 2.48. The van der Waals surface area contributed by atoms with E-state index in [0.29, 0.717) is 24.5 Å². The number of hydrogen-bond acceptors (Lipinski definition) is 4. The number of carboxylic acids is 1. The van der Waals surface area contributed by atoms with Crippen molar-refractivity contribution in [3.05, 3.63) is 29.6 Å². The van der Waals surface area contributed by atoms with Crippen molar-refractivity contribution in [1.29, 1.82) is 0 Å². The van der Waals surface area contributed by atoms with Gasteiger partial charge in [-0.1, -0.05) is 0 Å². The molecule has 1 aliphatic heterocycles. The third-order valence-corrected chi connectivity index (χ3v) is 3.89. The minimum absolute atomic E-state index is 0.0477. The van der Waals surface area contributed by atoms with Crippen LogP contribution in [-0.2, 0) is 9.53 Å². The van der Waals surface area contributed by atoms with Gasteiger partial charge in [0.2, 0.25) is 0 Å². The predicted octanol–water partition coefficient (Wildman–Crippen LogP) is 1.25. The van der Waals surface area contributed by atoms with Gasteiger partial charge in [0.05, 0.1) is 11.5 Å². The highest BCUT2D eigenvalue weighted by atomic mass is 16.5. The van der Waals surface area contributed by atoms with Gasteiger partial charge in [-0.2, -0.15) is 0 Å². The molecule has 0 radical (unpaired) electrons. The fourth-order valence-electron chi connectivity index (χ4n) is 2.60. The summed E-state index contributed by atoms with van der Waals surface area (Å²) >= 11 is 0. The van der Waals surface area contributed by atoms with E-state index in [2.05, 4.69) is 10.3 Å². The first-order valence-corrected chi connectivity index (χ1v) is 7.10. The Morgan fingerprint density at radius 1 is 1.48 bits per heavy atom. The lowest BCUT2D eigenvalue weighted by Crippen LogP contribution is -2.39. The fourth-order valence-corrected chi connectivity index (χ4v) is 2.60. The molecule has 21 heavy (non-hydrogen) atoms. The van der Waals surface area contributed by atoms with E-state index in [1.807, 2.05) is 0 Å². The molecule has 0 saturated carbocycles. The summed E-state index contributed by atoms with van der Waals surface area (Å²) in [6.07, 6.45) is 3.06. The molecule has 0 bridgehead atoms. The zero-order chi connectivity index (χ0) is 15.2. The number of aryl methyl sites for hydroxylation is 1. The maximum absolute atomic E-state index is 12.1. The first kappa shape index (κ1) is 15.4. The molecule has 1 aromatic heterocycles. The standard InChI is InChI=1S/C15H20N2O4/c1-10-12(3-2-6-16-10)14(18)17-9-13(15(19)20)11-4-7-21-8-5-11/h2-3,6,11,13H,4-5,7-9H2,1H3,(H,17,18)(H,19,20). The monoisotopic (exact) mass is 292 g/mol. The van der Waals surface area contributed by atoms with Gasteiger partial charge in [0.25, 0.3) is 5.91 Å². The van der Waals surface area contributed by atoms with Crippen molar-refractivity contribution in [3.8, 4) is 0 Å². The van der Waals surface area contributed by atoms with Crippen molar-refractivity contribution in [2.45, 2.75) is 19.8 Å². The summed E-state index contributed by atoms with van der Waals surface area (Å²) in [7, 11) is 0. The van der Waals surface area contributed by atoms with Crippen molar-refractivity contribution in [3.63, 3.8) is 0 Å². The van der Waals surface area contributed by atoms with E-state index in [9.17, 15) is 14.7 Å². The molecule has 1 saturated heterocycles. The number of nitrogens with one attached hydrogen (secondary N) is 1. The number of aliphatic carboxylic acids is 1. The van der Waals surface area contributed by atoms with Crippen molar-refractivity contribution in [2.24, 2.45) is 11.8 Å². The van der Waals surface area contributed by atoms with E-state index < -0.39 is 11.9 Å². The maximum atomic E-state index is 12.1. The molecule has 2 N–H and O–H groups in total. The lowest BCUT2D eigenvalue weighted by Gasteiger charge is -2.27.